The van der Waals surface area contributed by atoms with E-state index in [0.29, 0.717) is 11.6 Å². The van der Waals surface area contributed by atoms with Crippen LogP contribution in [0.1, 0.15) is 16.1 Å². The summed E-state index contributed by atoms with van der Waals surface area (Å²) in [5, 5.41) is 26.7. The summed E-state index contributed by atoms with van der Waals surface area (Å²) in [6, 6.07) is 9.05. The van der Waals surface area contributed by atoms with Gasteiger partial charge in [0.15, 0.2) is 5.82 Å². The van der Waals surface area contributed by atoms with Crippen molar-refractivity contribution < 1.29 is 19.2 Å². The molecule has 0 aliphatic rings. The maximum absolute atomic E-state index is 12.0. The van der Waals surface area contributed by atoms with Crippen molar-refractivity contribution >= 4 is 23.4 Å². The number of carboxylic acids is 1. The summed E-state index contributed by atoms with van der Waals surface area (Å²) >= 11 is 0. The topological polar surface area (TPSA) is 128 Å². The van der Waals surface area contributed by atoms with E-state index < -0.39 is 11.9 Å². The van der Waals surface area contributed by atoms with Crippen molar-refractivity contribution in [3.63, 3.8) is 0 Å². The van der Waals surface area contributed by atoms with Gasteiger partial charge in [0.25, 0.3) is 5.91 Å². The zero-order valence-electron chi connectivity index (χ0n) is 12.0. The minimum atomic E-state index is -1.11. The van der Waals surface area contributed by atoms with Gasteiger partial charge in [-0.3, -0.25) is 4.79 Å². The molecule has 1 amide bonds. The maximum atomic E-state index is 12.0. The largest absolute Gasteiger partial charge is 0.478 e. The Kier molecular flexibility index (Phi) is 4.74. The van der Waals surface area contributed by atoms with Gasteiger partial charge < -0.3 is 20.3 Å². The molecule has 0 fully saturated rings. The number of carbonyl (C=O) groups excluding carboxylic acids is 1. The monoisotopic (exact) mass is 312 g/mol. The van der Waals surface area contributed by atoms with Crippen LogP contribution in [0.2, 0.25) is 0 Å². The van der Waals surface area contributed by atoms with E-state index in [2.05, 4.69) is 15.8 Å². The first-order valence-corrected chi connectivity index (χ1v) is 6.44. The molecule has 3 N–H and O–H groups in total. The molecule has 2 aromatic rings. The fourth-order valence-electron chi connectivity index (χ4n) is 1.66. The number of carbonyl (C=O) groups is 2. The summed E-state index contributed by atoms with van der Waals surface area (Å²) in [5.74, 6) is -0.853. The number of aromatic carboxylic acids is 1. The lowest BCUT2D eigenvalue weighted by Crippen LogP contribution is -2.15. The van der Waals surface area contributed by atoms with E-state index in [9.17, 15) is 9.59 Å². The molecule has 2 rings (SSSR count). The molecule has 0 bridgehead atoms. The van der Waals surface area contributed by atoms with Crippen LogP contribution in [0.4, 0.5) is 11.5 Å². The van der Waals surface area contributed by atoms with Crippen LogP contribution in [0, 0.1) is 18.3 Å². The summed E-state index contributed by atoms with van der Waals surface area (Å²) in [6.07, 6.45) is 1.19. The molecule has 23 heavy (non-hydrogen) atoms. The van der Waals surface area contributed by atoms with Crippen molar-refractivity contribution in [2.45, 2.75) is 6.92 Å². The second kappa shape index (κ2) is 6.91. The van der Waals surface area contributed by atoms with Crippen molar-refractivity contribution in [3.05, 3.63) is 53.4 Å². The van der Waals surface area contributed by atoms with E-state index in [1.54, 1.807) is 19.1 Å². The SMILES string of the molecule is Cc1cc(N/C=C(/C#N)C(=O)Nc2cccc(C(=O)O)c2)no1. The quantitative estimate of drug-likeness (QED) is 0.570. The van der Waals surface area contributed by atoms with Gasteiger partial charge in [-0.2, -0.15) is 5.26 Å². The molecule has 0 aliphatic heterocycles. The molecule has 0 unspecified atom stereocenters. The molecule has 8 nitrogen and oxygen atoms in total. The first kappa shape index (κ1) is 15.8. The molecular formula is C15H12N4O4. The Morgan fingerprint density at radius 2 is 2.17 bits per heavy atom. The highest BCUT2D eigenvalue weighted by molar-refractivity contribution is 6.07. The minimum absolute atomic E-state index is 0.0292. The molecule has 0 aliphatic carbocycles. The highest BCUT2D eigenvalue weighted by atomic mass is 16.5. The second-order valence-electron chi connectivity index (χ2n) is 4.48. The first-order valence-electron chi connectivity index (χ1n) is 6.44. The van der Waals surface area contributed by atoms with Gasteiger partial charge in [-0.15, -0.1) is 0 Å². The van der Waals surface area contributed by atoms with E-state index >= 15 is 0 Å². The number of aryl methyl sites for hydroxylation is 1. The van der Waals surface area contributed by atoms with E-state index in [1.165, 1.54) is 30.5 Å². The highest BCUT2D eigenvalue weighted by Crippen LogP contribution is 2.12. The van der Waals surface area contributed by atoms with E-state index in [1.807, 2.05) is 0 Å². The number of hydrogen-bond donors (Lipinski definition) is 3. The molecule has 1 heterocycles. The maximum Gasteiger partial charge on any atom is 0.335 e. The average Bonchev–Trinajstić information content (AvgIpc) is 2.93. The van der Waals surface area contributed by atoms with Crippen LogP contribution in [-0.2, 0) is 4.79 Å². The predicted octanol–water partition coefficient (Wildman–Crippen LogP) is 2.14. The van der Waals surface area contributed by atoms with Crippen LogP contribution in [-0.4, -0.2) is 22.1 Å². The van der Waals surface area contributed by atoms with Gasteiger partial charge in [-0.1, -0.05) is 11.2 Å². The number of nitriles is 1. The normalized spacial score (nSPS) is 10.7. The van der Waals surface area contributed by atoms with Gasteiger partial charge in [0.05, 0.1) is 5.56 Å². The summed E-state index contributed by atoms with van der Waals surface area (Å²) in [4.78, 5) is 22.9. The van der Waals surface area contributed by atoms with Gasteiger partial charge in [-0.25, -0.2) is 4.79 Å². The van der Waals surface area contributed by atoms with Crippen LogP contribution < -0.4 is 10.6 Å². The van der Waals surface area contributed by atoms with E-state index in [0.717, 1.165) is 0 Å². The van der Waals surface area contributed by atoms with Gasteiger partial charge in [-0.05, 0) is 25.1 Å². The van der Waals surface area contributed by atoms with Crippen LogP contribution in [0.5, 0.6) is 0 Å². The van der Waals surface area contributed by atoms with Crippen molar-refractivity contribution in [2.75, 3.05) is 10.6 Å². The van der Waals surface area contributed by atoms with Crippen LogP contribution >= 0.6 is 0 Å². The molecule has 1 aromatic heterocycles. The van der Waals surface area contributed by atoms with Crippen LogP contribution in [0.15, 0.2) is 46.6 Å². The van der Waals surface area contributed by atoms with Crippen molar-refractivity contribution in [3.8, 4) is 6.07 Å². The van der Waals surface area contributed by atoms with Crippen molar-refractivity contribution in [2.24, 2.45) is 0 Å². The van der Waals surface area contributed by atoms with Gasteiger partial charge >= 0.3 is 5.97 Å². The Morgan fingerprint density at radius 3 is 2.78 bits per heavy atom. The summed E-state index contributed by atoms with van der Waals surface area (Å²) < 4.78 is 4.84. The molecule has 0 saturated carbocycles. The number of hydrogen-bond acceptors (Lipinski definition) is 6. The predicted molar refractivity (Wildman–Crippen MR) is 80.6 cm³/mol. The van der Waals surface area contributed by atoms with Gasteiger partial charge in [0.2, 0.25) is 0 Å². The number of nitrogens with one attached hydrogen (secondary N) is 2. The highest BCUT2D eigenvalue weighted by Gasteiger charge is 2.11. The van der Waals surface area contributed by atoms with E-state index in [-0.39, 0.29) is 16.8 Å². The average molecular weight is 312 g/mol. The molecule has 0 atom stereocenters. The zero-order chi connectivity index (χ0) is 16.8. The molecule has 8 heteroatoms. The third-order valence-electron chi connectivity index (χ3n) is 2.72. The van der Waals surface area contributed by atoms with Crippen LogP contribution in [0.25, 0.3) is 0 Å². The molecule has 0 spiro atoms. The Bertz CT molecular complexity index is 817. The Balaban J connectivity index is 2.09. The smallest absolute Gasteiger partial charge is 0.335 e. The van der Waals surface area contributed by atoms with Gasteiger partial charge in [0, 0.05) is 18.0 Å². The fraction of sp³-hybridized carbons (Fsp3) is 0.0667. The third kappa shape index (κ3) is 4.18. The second-order valence-corrected chi connectivity index (χ2v) is 4.48. The Hall–Kier alpha value is -3.60. The number of anilines is 2. The Labute approximate surface area is 131 Å². The first-order chi connectivity index (χ1) is 11.0. The molecule has 116 valence electrons. The molecule has 0 radical (unpaired) electrons. The number of carboxylic acid groups (broad SMARTS) is 1. The number of nitrogens with zero attached hydrogens (tertiary/aromatic N) is 2. The Morgan fingerprint density at radius 1 is 1.39 bits per heavy atom. The van der Waals surface area contributed by atoms with E-state index in [4.69, 9.17) is 14.9 Å². The lowest BCUT2D eigenvalue weighted by Gasteiger charge is -2.05. The fourth-order valence-corrected chi connectivity index (χ4v) is 1.66. The zero-order valence-corrected chi connectivity index (χ0v) is 12.0. The number of amides is 1. The van der Waals surface area contributed by atoms with Crippen molar-refractivity contribution in [1.82, 2.24) is 5.16 Å². The van der Waals surface area contributed by atoms with Crippen LogP contribution in [0.3, 0.4) is 0 Å². The molecular weight excluding hydrogens is 300 g/mol. The number of rotatable bonds is 5. The minimum Gasteiger partial charge on any atom is -0.478 e. The molecule has 0 saturated heterocycles. The molecule has 1 aromatic carbocycles. The summed E-state index contributed by atoms with van der Waals surface area (Å²) in [5.41, 5.74) is 0.0983. The number of benzene rings is 1. The van der Waals surface area contributed by atoms with Crippen molar-refractivity contribution in [1.29, 1.82) is 5.26 Å². The lowest BCUT2D eigenvalue weighted by molar-refractivity contribution is -0.112. The lowest BCUT2D eigenvalue weighted by atomic mass is 10.2. The standard InChI is InChI=1S/C15H12N4O4/c1-9-5-13(19-23-9)17-8-11(7-16)14(20)18-12-4-2-3-10(6-12)15(21)22/h2-6,8H,1H3,(H,17,19)(H,18,20)(H,21,22)/b11-8-. The number of aromatic nitrogens is 1. The third-order valence-corrected chi connectivity index (χ3v) is 2.72. The summed E-state index contributed by atoms with van der Waals surface area (Å²) in [7, 11) is 0. The summed E-state index contributed by atoms with van der Waals surface area (Å²) in [6.45, 7) is 1.70. The van der Waals surface area contributed by atoms with Gasteiger partial charge in [0.1, 0.15) is 17.4 Å².